The van der Waals surface area contributed by atoms with Gasteiger partial charge in [-0.25, -0.2) is 4.79 Å². The van der Waals surface area contributed by atoms with E-state index < -0.39 is 5.97 Å². The number of pyridine rings is 1. The lowest BCUT2D eigenvalue weighted by Crippen LogP contribution is -2.06. The second-order valence-electron chi connectivity index (χ2n) is 4.30. The van der Waals surface area contributed by atoms with E-state index in [4.69, 9.17) is 5.73 Å². The minimum atomic E-state index is -0.543. The maximum Gasteiger partial charge on any atom is 0.350 e. The highest BCUT2D eigenvalue weighted by molar-refractivity contribution is 7.18. The molecule has 6 nitrogen and oxygen atoms in total. The third-order valence-corrected chi connectivity index (χ3v) is 4.10. The molecule has 0 amide bonds. The molecule has 0 aliphatic carbocycles. The van der Waals surface area contributed by atoms with Crippen LogP contribution in [0.25, 0.3) is 0 Å². The Kier molecular flexibility index (Phi) is 4.40. The number of nitrogen functional groups attached to an aromatic ring is 1. The average molecular weight is 302 g/mol. The lowest BCUT2D eigenvalue weighted by molar-refractivity contribution is 0.0607. The van der Waals surface area contributed by atoms with E-state index in [2.05, 4.69) is 15.0 Å². The van der Waals surface area contributed by atoms with E-state index in [-0.39, 0.29) is 22.2 Å². The van der Waals surface area contributed by atoms with Crippen molar-refractivity contribution in [2.45, 2.75) is 13.0 Å². The molecule has 0 aromatic carbocycles. The summed E-state index contributed by atoms with van der Waals surface area (Å²) in [5, 5.41) is 13.0. The number of carbonyl (C=O) groups is 1. The molecule has 7 heteroatoms. The molecule has 1 unspecified atom stereocenters. The lowest BCUT2D eigenvalue weighted by Gasteiger charge is -2.14. The molecule has 3 N–H and O–H groups in total. The van der Waals surface area contributed by atoms with Crippen molar-refractivity contribution in [3.05, 3.63) is 40.5 Å². The molecule has 0 saturated heterocycles. The number of esters is 1. The predicted molar refractivity (Wildman–Crippen MR) is 81.1 cm³/mol. The van der Waals surface area contributed by atoms with Crippen LogP contribution in [0.15, 0.2) is 24.5 Å². The molecule has 2 aromatic heterocycles. The number of anilines is 2. The largest absolute Gasteiger partial charge is 0.465 e. The van der Waals surface area contributed by atoms with Gasteiger partial charge in [0.2, 0.25) is 0 Å². The van der Waals surface area contributed by atoms with Gasteiger partial charge in [-0.15, -0.1) is 11.3 Å². The zero-order valence-corrected chi connectivity index (χ0v) is 12.4. The van der Waals surface area contributed by atoms with Gasteiger partial charge in [0, 0.05) is 18.4 Å². The first kappa shape index (κ1) is 14.8. The zero-order valence-electron chi connectivity index (χ0n) is 11.6. The second-order valence-corrected chi connectivity index (χ2v) is 5.32. The molecule has 1 atom stereocenters. The van der Waals surface area contributed by atoms with Gasteiger partial charge in [-0.2, -0.15) is 5.26 Å². The van der Waals surface area contributed by atoms with Gasteiger partial charge in [-0.05, 0) is 24.6 Å². The van der Waals surface area contributed by atoms with Gasteiger partial charge in [-0.1, -0.05) is 0 Å². The highest BCUT2D eigenvalue weighted by Gasteiger charge is 2.22. The Balaban J connectivity index is 2.32. The topological polar surface area (TPSA) is 101 Å². The van der Waals surface area contributed by atoms with Crippen LogP contribution in [-0.4, -0.2) is 18.1 Å². The molecule has 2 aromatic rings. The Morgan fingerprint density at radius 1 is 1.52 bits per heavy atom. The Labute approximate surface area is 126 Å². The monoisotopic (exact) mass is 302 g/mol. The normalized spacial score (nSPS) is 11.5. The van der Waals surface area contributed by atoms with Crippen LogP contribution in [0.1, 0.15) is 33.8 Å². The number of nitrogens with one attached hydrogen (secondary N) is 1. The van der Waals surface area contributed by atoms with Gasteiger partial charge in [-0.3, -0.25) is 4.98 Å². The summed E-state index contributed by atoms with van der Waals surface area (Å²) >= 11 is 1.12. The van der Waals surface area contributed by atoms with Crippen LogP contribution in [0.2, 0.25) is 0 Å². The quantitative estimate of drug-likeness (QED) is 0.842. The summed E-state index contributed by atoms with van der Waals surface area (Å²) in [6, 6.07) is 5.72. The molecular weight excluding hydrogens is 288 g/mol. The number of carbonyl (C=O) groups excluding carboxylic acids is 1. The number of thiophene rings is 1. The van der Waals surface area contributed by atoms with Gasteiger partial charge in [0.05, 0.1) is 12.8 Å². The van der Waals surface area contributed by atoms with Crippen LogP contribution in [0, 0.1) is 11.3 Å². The molecule has 21 heavy (non-hydrogen) atoms. The van der Waals surface area contributed by atoms with Crippen molar-refractivity contribution in [2.24, 2.45) is 0 Å². The molecule has 0 aliphatic rings. The van der Waals surface area contributed by atoms with Crippen LogP contribution in [-0.2, 0) is 4.74 Å². The van der Waals surface area contributed by atoms with Crippen molar-refractivity contribution >= 4 is 28.0 Å². The molecule has 0 radical (unpaired) electrons. The van der Waals surface area contributed by atoms with Crippen molar-refractivity contribution in [2.75, 3.05) is 18.2 Å². The number of rotatable bonds is 4. The molecular formula is C14H14N4O2S. The molecule has 0 aliphatic heterocycles. The fourth-order valence-electron chi connectivity index (χ4n) is 1.83. The summed E-state index contributed by atoms with van der Waals surface area (Å²) < 4.78 is 4.67. The molecule has 0 bridgehead atoms. The predicted octanol–water partition coefficient (Wildman–Crippen LogP) is 2.56. The van der Waals surface area contributed by atoms with E-state index in [1.54, 1.807) is 12.4 Å². The first-order valence-corrected chi connectivity index (χ1v) is 6.97. The third kappa shape index (κ3) is 2.95. The van der Waals surface area contributed by atoms with Crippen LogP contribution in [0.3, 0.4) is 0 Å². The molecule has 2 rings (SSSR count). The minimum absolute atomic E-state index is 0.0522. The Morgan fingerprint density at radius 3 is 2.76 bits per heavy atom. The third-order valence-electron chi connectivity index (χ3n) is 2.98. The van der Waals surface area contributed by atoms with E-state index in [0.717, 1.165) is 16.9 Å². The first-order chi connectivity index (χ1) is 10.1. The van der Waals surface area contributed by atoms with Crippen LogP contribution in [0.5, 0.6) is 0 Å². The van der Waals surface area contributed by atoms with Crippen molar-refractivity contribution in [1.29, 1.82) is 5.26 Å². The van der Waals surface area contributed by atoms with Crippen LogP contribution < -0.4 is 11.1 Å². The first-order valence-electron chi connectivity index (χ1n) is 6.15. The van der Waals surface area contributed by atoms with E-state index in [9.17, 15) is 10.1 Å². The molecule has 0 spiro atoms. The lowest BCUT2D eigenvalue weighted by atomic mass is 10.1. The number of ether oxygens (including phenoxy) is 1. The minimum Gasteiger partial charge on any atom is -0.465 e. The smallest absolute Gasteiger partial charge is 0.350 e. The maximum absolute atomic E-state index is 11.6. The summed E-state index contributed by atoms with van der Waals surface area (Å²) in [7, 11) is 1.28. The van der Waals surface area contributed by atoms with Gasteiger partial charge >= 0.3 is 5.97 Å². The summed E-state index contributed by atoms with van der Waals surface area (Å²) in [5.74, 6) is -0.543. The highest BCUT2D eigenvalue weighted by atomic mass is 32.1. The number of nitrogens with two attached hydrogens (primary N) is 1. The summed E-state index contributed by atoms with van der Waals surface area (Å²) in [4.78, 5) is 15.8. The molecule has 2 heterocycles. The van der Waals surface area contributed by atoms with Gasteiger partial charge in [0.15, 0.2) is 0 Å². The standard InChI is InChI=1S/C14H14N4O2S/c1-8(9-3-5-17-6-4-9)18-13-10(7-15)11(16)12(21-13)14(19)20-2/h3-6,8,18H,16H2,1-2H3. The highest BCUT2D eigenvalue weighted by Crippen LogP contribution is 2.37. The van der Waals surface area contributed by atoms with E-state index in [0.29, 0.717) is 5.00 Å². The number of hydrogen-bond donors (Lipinski definition) is 2. The van der Waals surface area contributed by atoms with E-state index in [1.807, 2.05) is 25.1 Å². The Morgan fingerprint density at radius 2 is 2.19 bits per heavy atom. The van der Waals surface area contributed by atoms with Crippen LogP contribution in [0.4, 0.5) is 10.7 Å². The van der Waals surface area contributed by atoms with Gasteiger partial charge in [0.25, 0.3) is 0 Å². The van der Waals surface area contributed by atoms with Gasteiger partial charge in [0.1, 0.15) is 21.5 Å². The SMILES string of the molecule is COC(=O)c1sc(NC(C)c2ccncc2)c(C#N)c1N. The summed E-state index contributed by atoms with van der Waals surface area (Å²) in [6.07, 6.45) is 3.39. The fraction of sp³-hybridized carbons (Fsp3) is 0.214. The Hall–Kier alpha value is -2.59. The van der Waals surface area contributed by atoms with Crippen molar-refractivity contribution in [1.82, 2.24) is 4.98 Å². The molecule has 108 valence electrons. The zero-order chi connectivity index (χ0) is 15.4. The van der Waals surface area contributed by atoms with Crippen molar-refractivity contribution in [3.8, 4) is 6.07 Å². The fourth-order valence-corrected chi connectivity index (χ4v) is 2.91. The maximum atomic E-state index is 11.6. The van der Waals surface area contributed by atoms with Crippen molar-refractivity contribution in [3.63, 3.8) is 0 Å². The summed E-state index contributed by atoms with van der Waals surface area (Å²) in [5.41, 5.74) is 7.27. The molecule has 0 fully saturated rings. The number of aromatic nitrogens is 1. The second kappa shape index (κ2) is 6.24. The van der Waals surface area contributed by atoms with Gasteiger partial charge < -0.3 is 15.8 Å². The number of hydrogen-bond acceptors (Lipinski definition) is 7. The average Bonchev–Trinajstić information content (AvgIpc) is 2.83. The van der Waals surface area contributed by atoms with E-state index >= 15 is 0 Å². The number of methoxy groups -OCH3 is 1. The number of nitrogens with zero attached hydrogens (tertiary/aromatic N) is 2. The van der Waals surface area contributed by atoms with Crippen LogP contribution >= 0.6 is 11.3 Å². The number of nitriles is 1. The Bertz CT molecular complexity index is 691. The summed E-state index contributed by atoms with van der Waals surface area (Å²) in [6.45, 7) is 1.95. The molecule has 0 saturated carbocycles. The van der Waals surface area contributed by atoms with E-state index in [1.165, 1.54) is 7.11 Å². The van der Waals surface area contributed by atoms with Crippen molar-refractivity contribution < 1.29 is 9.53 Å².